The van der Waals surface area contributed by atoms with E-state index in [1.54, 1.807) is 6.07 Å². The van der Waals surface area contributed by atoms with E-state index < -0.39 is 5.54 Å². The number of nitrogens with two attached hydrogens (primary N) is 1. The van der Waals surface area contributed by atoms with Crippen LogP contribution >= 0.6 is 0 Å². The summed E-state index contributed by atoms with van der Waals surface area (Å²) in [6, 6.07) is 15.9. The van der Waals surface area contributed by atoms with Crippen LogP contribution in [-0.4, -0.2) is 29.9 Å². The minimum Gasteiger partial charge on any atom is -0.490 e. The third-order valence-corrected chi connectivity index (χ3v) is 6.17. The van der Waals surface area contributed by atoms with Crippen LogP contribution in [0.2, 0.25) is 0 Å². The van der Waals surface area contributed by atoms with Gasteiger partial charge in [-0.1, -0.05) is 18.2 Å². The Morgan fingerprint density at radius 3 is 2.82 bits per heavy atom. The highest BCUT2D eigenvalue weighted by Crippen LogP contribution is 2.53. The van der Waals surface area contributed by atoms with Crippen molar-refractivity contribution in [3.8, 4) is 22.9 Å². The van der Waals surface area contributed by atoms with Crippen LogP contribution in [0, 0.1) is 17.2 Å². The fourth-order valence-electron chi connectivity index (χ4n) is 4.82. The molecule has 4 atom stereocenters. The van der Waals surface area contributed by atoms with Gasteiger partial charge in [-0.2, -0.15) is 5.26 Å². The van der Waals surface area contributed by atoms with Gasteiger partial charge in [0.1, 0.15) is 24.0 Å². The summed E-state index contributed by atoms with van der Waals surface area (Å²) in [5, 5.41) is 19.5. The largest absolute Gasteiger partial charge is 0.490 e. The van der Waals surface area contributed by atoms with Crippen molar-refractivity contribution >= 4 is 6.02 Å². The summed E-state index contributed by atoms with van der Waals surface area (Å²) in [6.45, 7) is 0.352. The lowest BCUT2D eigenvalue weighted by Crippen LogP contribution is -2.51. The van der Waals surface area contributed by atoms with Gasteiger partial charge in [0.2, 0.25) is 0 Å². The Labute approximate surface area is 163 Å². The van der Waals surface area contributed by atoms with Crippen molar-refractivity contribution in [2.45, 2.75) is 37.0 Å². The average Bonchev–Trinajstić information content (AvgIpc) is 3.11. The molecule has 3 aliphatic rings. The van der Waals surface area contributed by atoms with Crippen LogP contribution in [0.15, 0.2) is 47.5 Å². The third kappa shape index (κ3) is 2.54. The van der Waals surface area contributed by atoms with E-state index in [9.17, 15) is 10.4 Å². The van der Waals surface area contributed by atoms with Crippen LogP contribution in [0.4, 0.5) is 0 Å². The molecule has 142 valence electrons. The van der Waals surface area contributed by atoms with E-state index in [4.69, 9.17) is 20.2 Å². The quantitative estimate of drug-likeness (QED) is 0.798. The molecule has 3 N–H and O–H groups in total. The fourth-order valence-corrected chi connectivity index (χ4v) is 4.82. The van der Waals surface area contributed by atoms with E-state index in [0.717, 1.165) is 35.3 Å². The maximum absolute atomic E-state index is 10.3. The summed E-state index contributed by atoms with van der Waals surface area (Å²) in [5.74, 6) is 0.797. The molecular weight excluding hydrogens is 354 g/mol. The number of aliphatic hydroxyl groups is 1. The van der Waals surface area contributed by atoms with Crippen molar-refractivity contribution in [1.29, 1.82) is 5.26 Å². The van der Waals surface area contributed by atoms with Crippen molar-refractivity contribution in [1.82, 2.24) is 0 Å². The monoisotopic (exact) mass is 375 g/mol. The minimum absolute atomic E-state index is 0.00509. The molecule has 2 heterocycles. The van der Waals surface area contributed by atoms with Crippen molar-refractivity contribution in [2.75, 3.05) is 6.61 Å². The maximum Gasteiger partial charge on any atom is 0.283 e. The van der Waals surface area contributed by atoms with Crippen molar-refractivity contribution in [2.24, 2.45) is 16.6 Å². The molecule has 0 saturated heterocycles. The first-order chi connectivity index (χ1) is 13.6. The second-order valence-corrected chi connectivity index (χ2v) is 7.80. The Bertz CT molecular complexity index is 1010. The number of ether oxygens (including phenoxy) is 2. The van der Waals surface area contributed by atoms with Crippen LogP contribution < -0.4 is 10.5 Å². The highest BCUT2D eigenvalue weighted by molar-refractivity contribution is 5.75. The molecule has 6 heteroatoms. The number of aliphatic imine (C=N–C) groups is 1. The third-order valence-electron chi connectivity index (χ3n) is 6.17. The molecular formula is C22H21N3O3. The number of fused-ring (bicyclic) bond motifs is 4. The lowest BCUT2D eigenvalue weighted by molar-refractivity contribution is -0.0359. The van der Waals surface area contributed by atoms with Crippen LogP contribution in [0.25, 0.3) is 11.1 Å². The Morgan fingerprint density at radius 2 is 2.04 bits per heavy atom. The summed E-state index contributed by atoms with van der Waals surface area (Å²) in [5.41, 5.74) is 8.77. The molecule has 6 nitrogen and oxygen atoms in total. The molecule has 2 aliphatic heterocycles. The van der Waals surface area contributed by atoms with Gasteiger partial charge < -0.3 is 20.3 Å². The summed E-state index contributed by atoms with van der Waals surface area (Å²) in [4.78, 5) is 4.74. The molecule has 0 bridgehead atoms. The lowest BCUT2D eigenvalue weighted by atomic mass is 9.67. The van der Waals surface area contributed by atoms with Gasteiger partial charge in [0, 0.05) is 11.5 Å². The Hall–Kier alpha value is -3.04. The van der Waals surface area contributed by atoms with Gasteiger partial charge in [-0.25, -0.2) is 4.99 Å². The molecule has 2 unspecified atom stereocenters. The average molecular weight is 375 g/mol. The summed E-state index contributed by atoms with van der Waals surface area (Å²) >= 11 is 0. The van der Waals surface area contributed by atoms with Gasteiger partial charge >= 0.3 is 0 Å². The molecule has 28 heavy (non-hydrogen) atoms. The molecule has 1 spiro atoms. The number of nitrogens with zero attached hydrogens (tertiary/aromatic N) is 2. The normalized spacial score (nSPS) is 30.4. The highest BCUT2D eigenvalue weighted by Gasteiger charge is 2.55. The molecule has 1 saturated carbocycles. The van der Waals surface area contributed by atoms with Gasteiger partial charge in [0.05, 0.1) is 17.7 Å². The Morgan fingerprint density at radius 1 is 1.18 bits per heavy atom. The van der Waals surface area contributed by atoms with Crippen molar-refractivity contribution in [3.05, 3.63) is 53.6 Å². The predicted molar refractivity (Wildman–Crippen MR) is 104 cm³/mol. The lowest BCUT2D eigenvalue weighted by Gasteiger charge is -2.47. The number of hydrogen-bond donors (Lipinski definition) is 2. The molecule has 0 radical (unpaired) electrons. The highest BCUT2D eigenvalue weighted by atomic mass is 16.5. The van der Waals surface area contributed by atoms with E-state index in [1.807, 2.05) is 30.3 Å². The SMILES string of the molecule is N#Cc1cccc(-c2ccc3c(c2)C2(COC(N)=N2)[C@H]2C[C@@H](O)CCC2O3)c1. The van der Waals surface area contributed by atoms with Gasteiger partial charge in [0.25, 0.3) is 6.02 Å². The first kappa shape index (κ1) is 17.1. The Kier molecular flexibility index (Phi) is 3.81. The van der Waals surface area contributed by atoms with Crippen LogP contribution in [0.3, 0.4) is 0 Å². The minimum atomic E-state index is -0.646. The standard InChI is InChI=1S/C22H21N3O3/c23-11-13-2-1-3-14(8-13)15-4-6-19-17(9-15)22(12-27-21(24)25-22)18-10-16(26)5-7-20(18)28-19/h1-4,6,8-9,16,18,20,26H,5,7,10,12H2,(H2,24,25)/t16-,18-,20?,22?/m0/s1. The zero-order valence-electron chi connectivity index (χ0n) is 15.3. The molecule has 5 rings (SSSR count). The summed E-state index contributed by atoms with van der Waals surface area (Å²) in [6.07, 6.45) is 1.75. The summed E-state index contributed by atoms with van der Waals surface area (Å²) in [7, 11) is 0. The van der Waals surface area contributed by atoms with Crippen molar-refractivity contribution < 1.29 is 14.6 Å². The number of nitriles is 1. The van der Waals surface area contributed by atoms with Gasteiger partial charge in [-0.05, 0) is 54.7 Å². The van der Waals surface area contributed by atoms with Crippen LogP contribution in [-0.2, 0) is 10.3 Å². The maximum atomic E-state index is 10.3. The number of aliphatic hydroxyl groups excluding tert-OH is 1. The summed E-state index contributed by atoms with van der Waals surface area (Å²) < 4.78 is 11.9. The van der Waals surface area contributed by atoms with E-state index >= 15 is 0 Å². The second kappa shape index (κ2) is 6.25. The zero-order chi connectivity index (χ0) is 19.3. The molecule has 0 aromatic heterocycles. The fraction of sp³-hybridized carbons (Fsp3) is 0.364. The molecule has 2 aromatic carbocycles. The molecule has 2 aromatic rings. The van der Waals surface area contributed by atoms with E-state index in [-0.39, 0.29) is 24.1 Å². The molecule has 1 aliphatic carbocycles. The van der Waals surface area contributed by atoms with Gasteiger partial charge in [-0.15, -0.1) is 0 Å². The predicted octanol–water partition coefficient (Wildman–Crippen LogP) is 2.69. The second-order valence-electron chi connectivity index (χ2n) is 7.80. The molecule has 0 amide bonds. The zero-order valence-corrected chi connectivity index (χ0v) is 15.3. The first-order valence-corrected chi connectivity index (χ1v) is 9.57. The first-order valence-electron chi connectivity index (χ1n) is 9.57. The van der Waals surface area contributed by atoms with Crippen LogP contribution in [0.1, 0.15) is 30.4 Å². The van der Waals surface area contributed by atoms with Gasteiger partial charge in [-0.3, -0.25) is 0 Å². The van der Waals surface area contributed by atoms with Crippen LogP contribution in [0.5, 0.6) is 5.75 Å². The molecule has 1 fully saturated rings. The Balaban J connectivity index is 1.66. The van der Waals surface area contributed by atoms with E-state index in [0.29, 0.717) is 18.6 Å². The van der Waals surface area contributed by atoms with E-state index in [1.165, 1.54) is 0 Å². The number of benzene rings is 2. The number of hydrogen-bond acceptors (Lipinski definition) is 6. The van der Waals surface area contributed by atoms with Crippen molar-refractivity contribution in [3.63, 3.8) is 0 Å². The topological polar surface area (TPSA) is 101 Å². The smallest absolute Gasteiger partial charge is 0.283 e. The number of amidine groups is 1. The number of rotatable bonds is 1. The van der Waals surface area contributed by atoms with Gasteiger partial charge in [0.15, 0.2) is 0 Å². The van der Waals surface area contributed by atoms with E-state index in [2.05, 4.69) is 12.1 Å².